The van der Waals surface area contributed by atoms with Gasteiger partial charge in [-0.25, -0.2) is 13.6 Å². The zero-order valence-electron chi connectivity index (χ0n) is 17.0. The number of nitrogens with one attached hydrogen (secondary N) is 1. The summed E-state index contributed by atoms with van der Waals surface area (Å²) in [6, 6.07) is 9.18. The number of carbonyl (C=O) groups excluding carboxylic acids is 1. The number of hydrogen-bond donors (Lipinski definition) is 1. The molecule has 1 N–H and O–H groups in total. The number of hydrogen-bond acceptors (Lipinski definition) is 3. The standard InChI is InChI=1S/C22H30F2N2O2/c1-15(12-16-8-6-5-7-9-16)17-13-18(17)25-19-10-11-26(14-22(19,23)24)20(27)28-21(2,3)4/h5-9,12,17-19,25H,10-11,13-14H2,1-4H3. The molecule has 1 aromatic carbocycles. The first-order chi connectivity index (χ1) is 13.0. The summed E-state index contributed by atoms with van der Waals surface area (Å²) >= 11 is 0. The number of ether oxygens (including phenoxy) is 1. The average molecular weight is 392 g/mol. The summed E-state index contributed by atoms with van der Waals surface area (Å²) in [6.45, 7) is 6.93. The van der Waals surface area contributed by atoms with E-state index in [1.54, 1.807) is 20.8 Å². The Morgan fingerprint density at radius 1 is 1.29 bits per heavy atom. The molecule has 1 heterocycles. The number of nitrogens with zero attached hydrogens (tertiary/aromatic N) is 1. The van der Waals surface area contributed by atoms with Crippen LogP contribution < -0.4 is 5.32 Å². The van der Waals surface area contributed by atoms with Gasteiger partial charge in [0.15, 0.2) is 0 Å². The summed E-state index contributed by atoms with van der Waals surface area (Å²) in [6.07, 6.45) is 2.54. The molecule has 4 nitrogen and oxygen atoms in total. The number of halogens is 2. The Morgan fingerprint density at radius 3 is 2.57 bits per heavy atom. The van der Waals surface area contributed by atoms with Gasteiger partial charge < -0.3 is 15.0 Å². The zero-order chi connectivity index (χ0) is 20.5. The molecule has 1 saturated carbocycles. The topological polar surface area (TPSA) is 41.6 Å². The van der Waals surface area contributed by atoms with Gasteiger partial charge in [0.05, 0.1) is 12.6 Å². The largest absolute Gasteiger partial charge is 0.444 e. The van der Waals surface area contributed by atoms with Crippen molar-refractivity contribution in [3.05, 3.63) is 41.5 Å². The molecule has 154 valence electrons. The average Bonchev–Trinajstić information content (AvgIpc) is 3.35. The van der Waals surface area contributed by atoms with E-state index in [0.29, 0.717) is 5.92 Å². The van der Waals surface area contributed by atoms with Crippen LogP contribution in [-0.4, -0.2) is 47.7 Å². The van der Waals surface area contributed by atoms with Crippen LogP contribution >= 0.6 is 0 Å². The number of piperidine rings is 1. The molecule has 2 aliphatic rings. The summed E-state index contributed by atoms with van der Waals surface area (Å²) < 4.78 is 34.5. The molecule has 0 radical (unpaired) electrons. The number of benzene rings is 1. The lowest BCUT2D eigenvalue weighted by Crippen LogP contribution is -2.59. The van der Waals surface area contributed by atoms with Gasteiger partial charge in [-0.2, -0.15) is 0 Å². The highest BCUT2D eigenvalue weighted by Crippen LogP contribution is 2.40. The molecule has 1 saturated heterocycles. The lowest BCUT2D eigenvalue weighted by molar-refractivity contribution is -0.0919. The van der Waals surface area contributed by atoms with Crippen LogP contribution in [-0.2, 0) is 4.74 Å². The van der Waals surface area contributed by atoms with E-state index in [1.165, 1.54) is 5.57 Å². The highest BCUT2D eigenvalue weighted by molar-refractivity contribution is 5.68. The minimum atomic E-state index is -2.97. The van der Waals surface area contributed by atoms with Crippen LogP contribution in [0.3, 0.4) is 0 Å². The molecule has 1 aromatic rings. The molecular weight excluding hydrogens is 362 g/mol. The predicted molar refractivity (Wildman–Crippen MR) is 106 cm³/mol. The fourth-order valence-electron chi connectivity index (χ4n) is 3.69. The molecular formula is C22H30F2N2O2. The molecule has 1 amide bonds. The fourth-order valence-corrected chi connectivity index (χ4v) is 3.69. The van der Waals surface area contributed by atoms with Crippen LogP contribution in [0, 0.1) is 5.92 Å². The normalized spacial score (nSPS) is 27.4. The fraction of sp³-hybridized carbons (Fsp3) is 0.591. The van der Waals surface area contributed by atoms with Crippen LogP contribution in [0.25, 0.3) is 6.08 Å². The second-order valence-electron chi connectivity index (χ2n) is 8.92. The third kappa shape index (κ3) is 5.31. The molecule has 3 rings (SSSR count). The number of likely N-dealkylation sites (tertiary alicyclic amines) is 1. The maximum absolute atomic E-state index is 14.6. The van der Waals surface area contributed by atoms with Gasteiger partial charge in [-0.15, -0.1) is 0 Å². The van der Waals surface area contributed by atoms with Crippen molar-refractivity contribution in [2.75, 3.05) is 13.1 Å². The maximum Gasteiger partial charge on any atom is 0.410 e. The molecule has 28 heavy (non-hydrogen) atoms. The first kappa shape index (κ1) is 20.8. The van der Waals surface area contributed by atoms with E-state index in [9.17, 15) is 13.6 Å². The summed E-state index contributed by atoms with van der Waals surface area (Å²) in [7, 11) is 0. The van der Waals surface area contributed by atoms with Gasteiger partial charge in [-0.05, 0) is 52.0 Å². The van der Waals surface area contributed by atoms with Gasteiger partial charge >= 0.3 is 6.09 Å². The Kier molecular flexibility index (Phi) is 5.80. The summed E-state index contributed by atoms with van der Waals surface area (Å²) in [4.78, 5) is 13.2. The highest BCUT2D eigenvalue weighted by atomic mass is 19.3. The highest BCUT2D eigenvalue weighted by Gasteiger charge is 2.50. The summed E-state index contributed by atoms with van der Waals surface area (Å²) in [5, 5.41) is 3.14. The second-order valence-corrected chi connectivity index (χ2v) is 8.92. The van der Waals surface area contributed by atoms with Gasteiger partial charge in [-0.1, -0.05) is 42.0 Å². The SMILES string of the molecule is CC(=Cc1ccccc1)C1CC1NC1CCN(C(=O)OC(C)(C)C)CC1(F)F. The van der Waals surface area contributed by atoms with Crippen LogP contribution in [0.5, 0.6) is 0 Å². The van der Waals surface area contributed by atoms with E-state index in [1.807, 2.05) is 30.3 Å². The van der Waals surface area contributed by atoms with Gasteiger partial charge in [0.1, 0.15) is 5.60 Å². The zero-order valence-corrected chi connectivity index (χ0v) is 17.0. The molecule has 3 atom stereocenters. The molecule has 3 unspecified atom stereocenters. The van der Waals surface area contributed by atoms with Crippen LogP contribution in [0.4, 0.5) is 13.6 Å². The van der Waals surface area contributed by atoms with E-state index in [-0.39, 0.29) is 19.0 Å². The van der Waals surface area contributed by atoms with Gasteiger partial charge in [-0.3, -0.25) is 0 Å². The van der Waals surface area contributed by atoms with E-state index >= 15 is 0 Å². The molecule has 1 aliphatic carbocycles. The number of amides is 1. The molecule has 1 aliphatic heterocycles. The van der Waals surface area contributed by atoms with Crippen LogP contribution in [0.2, 0.25) is 0 Å². The van der Waals surface area contributed by atoms with Gasteiger partial charge in [0.25, 0.3) is 5.92 Å². The number of alkyl halides is 2. The summed E-state index contributed by atoms with van der Waals surface area (Å²) in [5.41, 5.74) is 1.64. The van der Waals surface area contributed by atoms with Crippen molar-refractivity contribution in [3.8, 4) is 0 Å². The van der Waals surface area contributed by atoms with Crippen molar-refractivity contribution < 1.29 is 18.3 Å². The molecule has 0 aromatic heterocycles. The molecule has 2 fully saturated rings. The van der Waals surface area contributed by atoms with Gasteiger partial charge in [0, 0.05) is 12.6 Å². The molecule has 0 spiro atoms. The second kappa shape index (κ2) is 7.82. The summed E-state index contributed by atoms with van der Waals surface area (Å²) in [5.74, 6) is -2.68. The maximum atomic E-state index is 14.6. The predicted octanol–water partition coefficient (Wildman–Crippen LogP) is 4.71. The van der Waals surface area contributed by atoms with Gasteiger partial charge in [0.2, 0.25) is 0 Å². The third-order valence-electron chi connectivity index (χ3n) is 5.24. The minimum Gasteiger partial charge on any atom is -0.444 e. The molecule has 0 bridgehead atoms. The van der Waals surface area contributed by atoms with Crippen molar-refractivity contribution in [2.24, 2.45) is 5.92 Å². The molecule has 6 heteroatoms. The first-order valence-corrected chi connectivity index (χ1v) is 9.90. The Balaban J connectivity index is 1.54. The van der Waals surface area contributed by atoms with Crippen LogP contribution in [0.15, 0.2) is 35.9 Å². The van der Waals surface area contributed by atoms with E-state index in [2.05, 4.69) is 18.3 Å². The third-order valence-corrected chi connectivity index (χ3v) is 5.24. The van der Waals surface area contributed by atoms with Crippen molar-refractivity contribution in [1.82, 2.24) is 10.2 Å². The van der Waals surface area contributed by atoms with Crippen molar-refractivity contribution in [2.45, 2.75) is 64.1 Å². The van der Waals surface area contributed by atoms with Crippen LogP contribution in [0.1, 0.15) is 46.1 Å². The number of carbonyl (C=O) groups is 1. The lowest BCUT2D eigenvalue weighted by atomic mass is 10.0. The Morgan fingerprint density at radius 2 is 1.96 bits per heavy atom. The Labute approximate surface area is 165 Å². The number of rotatable bonds is 4. The lowest BCUT2D eigenvalue weighted by Gasteiger charge is -2.39. The Hall–Kier alpha value is -1.95. The van der Waals surface area contributed by atoms with E-state index in [0.717, 1.165) is 16.9 Å². The smallest absolute Gasteiger partial charge is 0.410 e. The minimum absolute atomic E-state index is 0.0731. The first-order valence-electron chi connectivity index (χ1n) is 9.90. The Bertz CT molecular complexity index is 728. The van der Waals surface area contributed by atoms with E-state index in [4.69, 9.17) is 4.74 Å². The monoisotopic (exact) mass is 392 g/mol. The quantitative estimate of drug-likeness (QED) is 0.807. The van der Waals surface area contributed by atoms with Crippen molar-refractivity contribution >= 4 is 12.2 Å². The van der Waals surface area contributed by atoms with Crippen molar-refractivity contribution in [1.29, 1.82) is 0 Å². The van der Waals surface area contributed by atoms with E-state index < -0.39 is 30.2 Å². The van der Waals surface area contributed by atoms with Crippen molar-refractivity contribution in [3.63, 3.8) is 0 Å².